The van der Waals surface area contributed by atoms with E-state index in [0.29, 0.717) is 12.1 Å². The number of carbonyl (C=O) groups is 2. The van der Waals surface area contributed by atoms with Crippen molar-refractivity contribution in [3.63, 3.8) is 0 Å². The van der Waals surface area contributed by atoms with Gasteiger partial charge in [-0.05, 0) is 25.8 Å². The number of ether oxygens (including phenoxy) is 2. The van der Waals surface area contributed by atoms with Crippen LogP contribution < -0.4 is 0 Å². The molecule has 22 heavy (non-hydrogen) atoms. The Morgan fingerprint density at radius 1 is 1.41 bits per heavy atom. The third-order valence-corrected chi connectivity index (χ3v) is 4.66. The highest BCUT2D eigenvalue weighted by molar-refractivity contribution is 5.93. The van der Waals surface area contributed by atoms with Crippen LogP contribution in [0.15, 0.2) is 12.3 Å². The van der Waals surface area contributed by atoms with Gasteiger partial charge < -0.3 is 14.4 Å². The SMILES string of the molecule is COC(=O)[C@@H]1C[C@@H]2[C@H](CC[C@@H](C)N2C(=O)c2ccnn2C)O1. The van der Waals surface area contributed by atoms with Crippen LogP contribution in [0.5, 0.6) is 0 Å². The van der Waals surface area contributed by atoms with E-state index in [1.54, 1.807) is 24.0 Å². The van der Waals surface area contributed by atoms with Gasteiger partial charge in [0.25, 0.3) is 5.91 Å². The summed E-state index contributed by atoms with van der Waals surface area (Å²) in [5.74, 6) is -0.425. The predicted molar refractivity (Wildman–Crippen MR) is 77.2 cm³/mol. The van der Waals surface area contributed by atoms with E-state index in [-0.39, 0.29) is 30.1 Å². The number of nitrogens with zero attached hydrogens (tertiary/aromatic N) is 3. The third-order valence-electron chi connectivity index (χ3n) is 4.66. The van der Waals surface area contributed by atoms with Crippen molar-refractivity contribution >= 4 is 11.9 Å². The third kappa shape index (κ3) is 2.39. The van der Waals surface area contributed by atoms with E-state index in [1.165, 1.54) is 7.11 Å². The van der Waals surface area contributed by atoms with Crippen LogP contribution in [-0.2, 0) is 21.3 Å². The van der Waals surface area contributed by atoms with Gasteiger partial charge in [0, 0.05) is 25.7 Å². The zero-order chi connectivity index (χ0) is 15.9. The van der Waals surface area contributed by atoms with Crippen molar-refractivity contribution in [3.05, 3.63) is 18.0 Å². The van der Waals surface area contributed by atoms with Crippen LogP contribution in [0.2, 0.25) is 0 Å². The van der Waals surface area contributed by atoms with Gasteiger partial charge in [-0.2, -0.15) is 5.10 Å². The molecule has 1 aromatic rings. The van der Waals surface area contributed by atoms with Crippen LogP contribution in [0.3, 0.4) is 0 Å². The molecule has 1 amide bonds. The molecule has 0 aliphatic carbocycles. The van der Waals surface area contributed by atoms with Gasteiger partial charge in [-0.1, -0.05) is 0 Å². The molecule has 0 N–H and O–H groups in total. The van der Waals surface area contributed by atoms with Crippen LogP contribution in [0.4, 0.5) is 0 Å². The van der Waals surface area contributed by atoms with Crippen LogP contribution in [0.1, 0.15) is 36.7 Å². The van der Waals surface area contributed by atoms with Gasteiger partial charge in [0.1, 0.15) is 5.69 Å². The lowest BCUT2D eigenvalue weighted by molar-refractivity contribution is -0.153. The molecule has 0 aromatic carbocycles. The molecular weight excluding hydrogens is 286 g/mol. The first-order valence-corrected chi connectivity index (χ1v) is 7.57. The minimum atomic E-state index is -0.577. The minimum Gasteiger partial charge on any atom is -0.467 e. The number of fused-ring (bicyclic) bond motifs is 1. The second kappa shape index (κ2) is 5.72. The quantitative estimate of drug-likeness (QED) is 0.754. The van der Waals surface area contributed by atoms with Crippen molar-refractivity contribution in [1.29, 1.82) is 0 Å². The van der Waals surface area contributed by atoms with Crippen molar-refractivity contribution in [1.82, 2.24) is 14.7 Å². The molecule has 3 heterocycles. The number of amides is 1. The number of rotatable bonds is 2. The zero-order valence-electron chi connectivity index (χ0n) is 13.1. The number of piperidine rings is 1. The summed E-state index contributed by atoms with van der Waals surface area (Å²) in [4.78, 5) is 26.5. The average molecular weight is 307 g/mol. The number of carbonyl (C=O) groups excluding carboxylic acids is 2. The summed E-state index contributed by atoms with van der Waals surface area (Å²) in [7, 11) is 3.11. The first-order valence-electron chi connectivity index (χ1n) is 7.57. The highest BCUT2D eigenvalue weighted by atomic mass is 16.6. The number of esters is 1. The van der Waals surface area contributed by atoms with Gasteiger partial charge in [0.2, 0.25) is 0 Å². The van der Waals surface area contributed by atoms with E-state index in [0.717, 1.165) is 12.8 Å². The summed E-state index contributed by atoms with van der Waals surface area (Å²) >= 11 is 0. The van der Waals surface area contributed by atoms with Gasteiger partial charge in [-0.15, -0.1) is 0 Å². The summed E-state index contributed by atoms with van der Waals surface area (Å²) in [6.45, 7) is 2.04. The van der Waals surface area contributed by atoms with Crippen LogP contribution in [0.25, 0.3) is 0 Å². The Morgan fingerprint density at radius 3 is 2.82 bits per heavy atom. The molecule has 2 saturated heterocycles. The molecule has 3 rings (SSSR count). The Bertz CT molecular complexity index is 585. The molecule has 0 spiro atoms. The predicted octanol–water partition coefficient (Wildman–Crippen LogP) is 0.744. The molecule has 2 aliphatic rings. The van der Waals surface area contributed by atoms with E-state index in [1.807, 2.05) is 11.8 Å². The average Bonchev–Trinajstić information content (AvgIpc) is 3.11. The fraction of sp³-hybridized carbons (Fsp3) is 0.667. The van der Waals surface area contributed by atoms with Gasteiger partial charge in [-0.3, -0.25) is 9.48 Å². The molecule has 0 radical (unpaired) electrons. The Balaban J connectivity index is 1.84. The van der Waals surface area contributed by atoms with E-state index in [2.05, 4.69) is 5.10 Å². The number of hydrogen-bond acceptors (Lipinski definition) is 5. The highest BCUT2D eigenvalue weighted by Gasteiger charge is 2.48. The lowest BCUT2D eigenvalue weighted by atomic mass is 9.92. The topological polar surface area (TPSA) is 73.7 Å². The molecule has 1 aromatic heterocycles. The zero-order valence-corrected chi connectivity index (χ0v) is 13.1. The summed E-state index contributed by atoms with van der Waals surface area (Å²) in [5.41, 5.74) is 0.550. The monoisotopic (exact) mass is 307 g/mol. The lowest BCUT2D eigenvalue weighted by Gasteiger charge is -2.41. The highest BCUT2D eigenvalue weighted by Crippen LogP contribution is 2.36. The van der Waals surface area contributed by atoms with Crippen molar-refractivity contribution in [2.45, 2.75) is 50.5 Å². The van der Waals surface area contributed by atoms with Crippen molar-refractivity contribution in [2.24, 2.45) is 7.05 Å². The number of hydrogen-bond donors (Lipinski definition) is 0. The summed E-state index contributed by atoms with van der Waals surface area (Å²) in [6.07, 6.45) is 3.14. The van der Waals surface area contributed by atoms with E-state index < -0.39 is 6.10 Å². The molecule has 0 saturated carbocycles. The maximum absolute atomic E-state index is 12.9. The standard InChI is InChI=1S/C15H21N3O4/c1-9-4-5-12-11(8-13(22-12)15(20)21-3)18(9)14(19)10-6-7-16-17(10)2/h6-7,9,11-13H,4-5,8H2,1-3H3/t9-,11-,12+,13+/m1/s1. The number of likely N-dealkylation sites (tertiary alicyclic amines) is 1. The fourth-order valence-electron chi connectivity index (χ4n) is 3.50. The second-order valence-corrected chi connectivity index (χ2v) is 5.97. The summed E-state index contributed by atoms with van der Waals surface area (Å²) in [5, 5.41) is 4.06. The fourth-order valence-corrected chi connectivity index (χ4v) is 3.50. The van der Waals surface area contributed by atoms with E-state index >= 15 is 0 Å². The maximum atomic E-state index is 12.9. The first-order chi connectivity index (χ1) is 10.5. The van der Waals surface area contributed by atoms with E-state index in [4.69, 9.17) is 9.47 Å². The lowest BCUT2D eigenvalue weighted by Crippen LogP contribution is -2.53. The Hall–Kier alpha value is -1.89. The number of aryl methyl sites for hydroxylation is 1. The summed E-state index contributed by atoms with van der Waals surface area (Å²) < 4.78 is 12.2. The largest absolute Gasteiger partial charge is 0.467 e. The van der Waals surface area contributed by atoms with Crippen molar-refractivity contribution in [3.8, 4) is 0 Å². The summed E-state index contributed by atoms with van der Waals surface area (Å²) in [6, 6.07) is 1.74. The van der Waals surface area contributed by atoms with Crippen LogP contribution in [0, 0.1) is 0 Å². The smallest absolute Gasteiger partial charge is 0.335 e. The Morgan fingerprint density at radius 2 is 2.18 bits per heavy atom. The minimum absolute atomic E-state index is 0.0590. The molecule has 2 aliphatic heterocycles. The number of methoxy groups -OCH3 is 1. The Kier molecular flexibility index (Phi) is 3.90. The molecule has 2 fully saturated rings. The first kappa shape index (κ1) is 15.0. The number of aromatic nitrogens is 2. The van der Waals surface area contributed by atoms with Crippen LogP contribution in [-0.4, -0.2) is 58.0 Å². The molecule has 0 unspecified atom stereocenters. The second-order valence-electron chi connectivity index (χ2n) is 5.97. The normalized spacial score (nSPS) is 31.0. The van der Waals surface area contributed by atoms with Gasteiger partial charge >= 0.3 is 5.97 Å². The molecule has 4 atom stereocenters. The van der Waals surface area contributed by atoms with Crippen molar-refractivity contribution < 1.29 is 19.1 Å². The van der Waals surface area contributed by atoms with Crippen LogP contribution >= 0.6 is 0 Å². The van der Waals surface area contributed by atoms with Gasteiger partial charge in [0.15, 0.2) is 6.10 Å². The molecule has 7 heteroatoms. The van der Waals surface area contributed by atoms with Crippen molar-refractivity contribution in [2.75, 3.05) is 7.11 Å². The molecule has 7 nitrogen and oxygen atoms in total. The van der Waals surface area contributed by atoms with E-state index in [9.17, 15) is 9.59 Å². The molecule has 0 bridgehead atoms. The van der Waals surface area contributed by atoms with Gasteiger partial charge in [0.05, 0.1) is 19.3 Å². The van der Waals surface area contributed by atoms with Gasteiger partial charge in [-0.25, -0.2) is 4.79 Å². The maximum Gasteiger partial charge on any atom is 0.335 e. The molecular formula is C15H21N3O4. The Labute approximate surface area is 129 Å². The molecule has 120 valence electrons.